The minimum absolute atomic E-state index is 0.0153. The number of nitrogens with zero attached hydrogens (tertiary/aromatic N) is 2. The summed E-state index contributed by atoms with van der Waals surface area (Å²) in [6, 6.07) is 9.70. The second-order valence-corrected chi connectivity index (χ2v) is 8.66. The highest BCUT2D eigenvalue weighted by atomic mass is 35.5. The number of benzene rings is 2. The summed E-state index contributed by atoms with van der Waals surface area (Å²) in [5, 5.41) is 12.9. The molecule has 0 bridgehead atoms. The molecule has 10 nitrogen and oxygen atoms in total. The molecule has 0 aromatic heterocycles. The van der Waals surface area contributed by atoms with Crippen molar-refractivity contribution in [2.75, 3.05) is 34.0 Å². The number of nitrogen functional groups attached to an aromatic ring is 1. The van der Waals surface area contributed by atoms with Crippen LogP contribution in [-0.4, -0.2) is 61.4 Å². The van der Waals surface area contributed by atoms with Crippen LogP contribution >= 0.6 is 11.6 Å². The SMILES string of the molecule is COc1cc(C(=O)Cl)ccc1[N+](=O)[O-].COc1cc(C(=O)NC2CCC(N(C)C)CC2)ccc1N. The minimum Gasteiger partial charge on any atom is -0.495 e. The number of nitro groups is 1. The van der Waals surface area contributed by atoms with E-state index in [9.17, 15) is 19.7 Å². The van der Waals surface area contributed by atoms with Crippen LogP contribution in [-0.2, 0) is 0 Å². The van der Waals surface area contributed by atoms with Gasteiger partial charge < -0.3 is 25.4 Å². The average molecular weight is 507 g/mol. The predicted octanol–water partition coefficient (Wildman–Crippen LogP) is 3.86. The van der Waals surface area contributed by atoms with Gasteiger partial charge in [0.15, 0.2) is 5.75 Å². The van der Waals surface area contributed by atoms with Gasteiger partial charge in [-0.25, -0.2) is 0 Å². The standard InChI is InChI=1S/C16H25N3O2.C8H6ClNO4/c1-19(2)13-7-5-12(6-8-13)18-16(20)11-4-9-14(17)15(10-11)21-3;1-14-7-4-5(8(9)11)2-3-6(7)10(12)13/h4,9-10,12-13H,5-8,17H2,1-3H3,(H,18,20);2-4H,1H3. The predicted molar refractivity (Wildman–Crippen MR) is 134 cm³/mol. The van der Waals surface area contributed by atoms with E-state index in [1.165, 1.54) is 25.3 Å². The number of hydrogen-bond donors (Lipinski definition) is 2. The Balaban J connectivity index is 0.000000269. The van der Waals surface area contributed by atoms with E-state index < -0.39 is 10.2 Å². The fraction of sp³-hybridized carbons (Fsp3) is 0.417. The Morgan fingerprint density at radius 2 is 1.60 bits per heavy atom. The molecule has 0 spiro atoms. The number of carbonyl (C=O) groups excluding carboxylic acids is 2. The molecule has 0 saturated heterocycles. The largest absolute Gasteiger partial charge is 0.495 e. The molecule has 0 heterocycles. The van der Waals surface area contributed by atoms with Crippen LogP contribution in [0.15, 0.2) is 36.4 Å². The Kier molecular flexibility index (Phi) is 10.3. The van der Waals surface area contributed by atoms with Gasteiger partial charge in [0.1, 0.15) is 5.75 Å². The number of rotatable bonds is 7. The third kappa shape index (κ3) is 7.83. The van der Waals surface area contributed by atoms with Gasteiger partial charge in [-0.05, 0) is 81.7 Å². The highest BCUT2D eigenvalue weighted by molar-refractivity contribution is 6.67. The number of amides is 1. The third-order valence-corrected chi connectivity index (χ3v) is 6.08. The Labute approximate surface area is 209 Å². The second-order valence-electron chi connectivity index (χ2n) is 8.32. The van der Waals surface area contributed by atoms with Crippen LogP contribution in [0.2, 0.25) is 0 Å². The monoisotopic (exact) mass is 506 g/mol. The lowest BCUT2D eigenvalue weighted by Gasteiger charge is -2.33. The number of hydrogen-bond acceptors (Lipinski definition) is 8. The lowest BCUT2D eigenvalue weighted by molar-refractivity contribution is -0.385. The third-order valence-electron chi connectivity index (χ3n) is 5.86. The molecule has 35 heavy (non-hydrogen) atoms. The van der Waals surface area contributed by atoms with E-state index >= 15 is 0 Å². The van der Waals surface area contributed by atoms with Gasteiger partial charge in [0.2, 0.25) is 0 Å². The molecule has 1 fully saturated rings. The van der Waals surface area contributed by atoms with Crippen LogP contribution in [0.3, 0.4) is 0 Å². The van der Waals surface area contributed by atoms with Gasteiger partial charge in [-0.3, -0.25) is 19.7 Å². The molecule has 2 aromatic rings. The van der Waals surface area contributed by atoms with Crippen molar-refractivity contribution in [1.29, 1.82) is 0 Å². The zero-order valence-corrected chi connectivity index (χ0v) is 21.0. The van der Waals surface area contributed by atoms with Gasteiger partial charge in [-0.1, -0.05) is 0 Å². The summed E-state index contributed by atoms with van der Waals surface area (Å²) in [7, 11) is 7.06. The molecule has 1 aliphatic rings. The van der Waals surface area contributed by atoms with E-state index in [-0.39, 0.29) is 28.9 Å². The molecule has 1 amide bonds. The summed E-state index contributed by atoms with van der Waals surface area (Å²) >= 11 is 5.20. The first-order valence-corrected chi connectivity index (χ1v) is 11.4. The van der Waals surface area contributed by atoms with E-state index in [0.717, 1.165) is 25.7 Å². The normalized spacial score (nSPS) is 17.1. The molecule has 0 radical (unpaired) electrons. The molecule has 2 aromatic carbocycles. The molecule has 1 saturated carbocycles. The number of nitrogens with two attached hydrogens (primary N) is 1. The number of carbonyl (C=O) groups is 2. The summed E-state index contributed by atoms with van der Waals surface area (Å²) in [6.45, 7) is 0. The number of nitrogens with one attached hydrogen (secondary N) is 1. The zero-order chi connectivity index (χ0) is 26.1. The molecule has 0 unspecified atom stereocenters. The number of halogens is 1. The Hall–Kier alpha value is -3.37. The van der Waals surface area contributed by atoms with Crippen LogP contribution in [0.25, 0.3) is 0 Å². The molecule has 190 valence electrons. The maximum atomic E-state index is 12.3. The lowest BCUT2D eigenvalue weighted by atomic mass is 9.90. The smallest absolute Gasteiger partial charge is 0.310 e. The molecular weight excluding hydrogens is 476 g/mol. The van der Waals surface area contributed by atoms with Crippen molar-refractivity contribution in [3.05, 3.63) is 57.6 Å². The Morgan fingerprint density at radius 3 is 2.11 bits per heavy atom. The van der Waals surface area contributed by atoms with Crippen LogP contribution < -0.4 is 20.5 Å². The van der Waals surface area contributed by atoms with E-state index in [2.05, 4.69) is 24.3 Å². The summed E-state index contributed by atoms with van der Waals surface area (Å²) in [5.74, 6) is 0.502. The average Bonchev–Trinajstić information content (AvgIpc) is 2.84. The molecule has 3 N–H and O–H groups in total. The van der Waals surface area contributed by atoms with Gasteiger partial charge >= 0.3 is 5.69 Å². The maximum absolute atomic E-state index is 12.3. The van der Waals surface area contributed by atoms with Crippen molar-refractivity contribution in [3.63, 3.8) is 0 Å². The van der Waals surface area contributed by atoms with Gasteiger partial charge in [-0.2, -0.15) is 0 Å². The summed E-state index contributed by atoms with van der Waals surface area (Å²) in [5.41, 5.74) is 6.86. The molecular formula is C24H31ClN4O6. The van der Waals surface area contributed by atoms with Crippen molar-refractivity contribution in [1.82, 2.24) is 10.2 Å². The highest BCUT2D eigenvalue weighted by Crippen LogP contribution is 2.28. The van der Waals surface area contributed by atoms with Crippen LogP contribution in [0.4, 0.5) is 11.4 Å². The summed E-state index contributed by atoms with van der Waals surface area (Å²) < 4.78 is 9.90. The van der Waals surface area contributed by atoms with E-state index in [4.69, 9.17) is 26.8 Å². The van der Waals surface area contributed by atoms with Gasteiger partial charge in [-0.15, -0.1) is 0 Å². The first-order chi connectivity index (χ1) is 16.6. The summed E-state index contributed by atoms with van der Waals surface area (Å²) in [4.78, 5) is 35.2. The van der Waals surface area contributed by atoms with Gasteiger partial charge in [0.25, 0.3) is 11.1 Å². The minimum atomic E-state index is -0.682. The van der Waals surface area contributed by atoms with Crippen molar-refractivity contribution < 1.29 is 24.0 Å². The topological polar surface area (TPSA) is 137 Å². The zero-order valence-electron chi connectivity index (χ0n) is 20.2. The van der Waals surface area contributed by atoms with Crippen LogP contribution in [0.1, 0.15) is 46.4 Å². The lowest BCUT2D eigenvalue weighted by Crippen LogP contribution is -2.41. The Morgan fingerprint density at radius 1 is 1.03 bits per heavy atom. The quantitative estimate of drug-likeness (QED) is 0.250. The number of nitro benzene ring substituents is 1. The highest BCUT2D eigenvalue weighted by Gasteiger charge is 2.24. The van der Waals surface area contributed by atoms with Gasteiger partial charge in [0, 0.05) is 29.3 Å². The Bertz CT molecular complexity index is 1050. The van der Waals surface area contributed by atoms with Crippen molar-refractivity contribution in [2.45, 2.75) is 37.8 Å². The van der Waals surface area contributed by atoms with Crippen LogP contribution in [0.5, 0.6) is 11.5 Å². The first kappa shape index (κ1) is 27.9. The molecule has 3 rings (SSSR count). The van der Waals surface area contributed by atoms with Crippen molar-refractivity contribution >= 4 is 34.1 Å². The van der Waals surface area contributed by atoms with E-state index in [1.54, 1.807) is 25.3 Å². The number of anilines is 1. The fourth-order valence-electron chi connectivity index (χ4n) is 3.81. The molecule has 0 aliphatic heterocycles. The van der Waals surface area contributed by atoms with Gasteiger partial charge in [0.05, 0.1) is 24.8 Å². The fourth-order valence-corrected chi connectivity index (χ4v) is 3.93. The van der Waals surface area contributed by atoms with E-state index in [0.29, 0.717) is 23.0 Å². The van der Waals surface area contributed by atoms with Crippen molar-refractivity contribution in [2.24, 2.45) is 0 Å². The number of methoxy groups -OCH3 is 2. The maximum Gasteiger partial charge on any atom is 0.310 e. The second kappa shape index (κ2) is 12.9. The molecule has 0 atom stereocenters. The summed E-state index contributed by atoms with van der Waals surface area (Å²) in [6.07, 6.45) is 4.31. The first-order valence-electron chi connectivity index (χ1n) is 11.0. The van der Waals surface area contributed by atoms with E-state index in [1.807, 2.05) is 0 Å². The number of ether oxygens (including phenoxy) is 2. The van der Waals surface area contributed by atoms with Crippen LogP contribution in [0, 0.1) is 10.1 Å². The molecule has 1 aliphatic carbocycles. The molecule has 11 heteroatoms. The van der Waals surface area contributed by atoms with Crippen molar-refractivity contribution in [3.8, 4) is 11.5 Å².